The van der Waals surface area contributed by atoms with E-state index >= 15 is 0 Å². The van der Waals surface area contributed by atoms with Crippen molar-refractivity contribution in [2.75, 3.05) is 13.1 Å². The molecule has 5 rings (SSSR count). The predicted molar refractivity (Wildman–Crippen MR) is 93.5 cm³/mol. The van der Waals surface area contributed by atoms with Crippen molar-refractivity contribution < 1.29 is 4.79 Å². The summed E-state index contributed by atoms with van der Waals surface area (Å²) >= 11 is 0. The van der Waals surface area contributed by atoms with Crippen LogP contribution in [0, 0.1) is 0 Å². The van der Waals surface area contributed by atoms with Gasteiger partial charge in [0.2, 0.25) is 11.6 Å². The Labute approximate surface area is 144 Å². The molecule has 1 aromatic carbocycles. The van der Waals surface area contributed by atoms with Crippen molar-refractivity contribution in [1.29, 1.82) is 0 Å². The number of likely N-dealkylation sites (tertiary alicyclic amines) is 1. The van der Waals surface area contributed by atoms with Crippen LogP contribution in [0.25, 0.3) is 16.9 Å². The van der Waals surface area contributed by atoms with Crippen molar-refractivity contribution in [1.82, 2.24) is 19.3 Å². The van der Waals surface area contributed by atoms with E-state index in [1.807, 2.05) is 27.6 Å². The smallest absolute Gasteiger partial charge is 0.292 e. The molecule has 25 heavy (non-hydrogen) atoms. The van der Waals surface area contributed by atoms with E-state index in [-0.39, 0.29) is 16.9 Å². The number of amides is 1. The molecule has 3 heterocycles. The highest BCUT2D eigenvalue weighted by Gasteiger charge is 2.47. The number of aromatic nitrogens is 3. The lowest BCUT2D eigenvalue weighted by atomic mass is 9.73. The van der Waals surface area contributed by atoms with Gasteiger partial charge in [-0.2, -0.15) is 0 Å². The average Bonchev–Trinajstić information content (AvgIpc) is 3.19. The number of fused-ring (bicyclic) bond motifs is 7. The molecule has 0 unspecified atom stereocenters. The summed E-state index contributed by atoms with van der Waals surface area (Å²) in [6.07, 6.45) is 5.23. The van der Waals surface area contributed by atoms with Crippen molar-refractivity contribution in [2.24, 2.45) is 0 Å². The lowest BCUT2D eigenvalue weighted by Gasteiger charge is -2.40. The summed E-state index contributed by atoms with van der Waals surface area (Å²) in [5, 5.41) is 0. The Balaban J connectivity index is 1.80. The van der Waals surface area contributed by atoms with Crippen molar-refractivity contribution in [3.05, 3.63) is 58.3 Å². The monoisotopic (exact) mass is 334 g/mol. The molecule has 6 heteroatoms. The van der Waals surface area contributed by atoms with Gasteiger partial charge in [0.15, 0.2) is 0 Å². The Morgan fingerprint density at radius 2 is 2.00 bits per heavy atom. The standard InChI is InChI=1S/C19H18N4O2/c1-12(24)22-9-6-19(7-10-22)14-5-3-2-4-13(14)15-16(19)23-11-8-20-17(23)18(25)21-15/h2-5,8,11H,6-7,9-10H2,1H3,(H,21,25). The minimum absolute atomic E-state index is 0.121. The third-order valence-corrected chi connectivity index (χ3v) is 5.79. The van der Waals surface area contributed by atoms with Crippen LogP contribution in [0.4, 0.5) is 0 Å². The van der Waals surface area contributed by atoms with Gasteiger partial charge in [0, 0.05) is 43.4 Å². The fourth-order valence-corrected chi connectivity index (χ4v) is 4.62. The molecule has 0 radical (unpaired) electrons. The number of aromatic amines is 1. The molecule has 1 amide bonds. The lowest BCUT2D eigenvalue weighted by molar-refractivity contribution is -0.130. The lowest BCUT2D eigenvalue weighted by Crippen LogP contribution is -2.45. The normalized spacial score (nSPS) is 17.7. The maximum absolute atomic E-state index is 12.4. The second-order valence-electron chi connectivity index (χ2n) is 6.93. The van der Waals surface area contributed by atoms with Gasteiger partial charge in [0.25, 0.3) is 5.56 Å². The zero-order valence-electron chi connectivity index (χ0n) is 14.0. The highest BCUT2D eigenvalue weighted by atomic mass is 16.2. The second kappa shape index (κ2) is 4.81. The van der Waals surface area contributed by atoms with Gasteiger partial charge < -0.3 is 9.88 Å². The Morgan fingerprint density at radius 1 is 1.24 bits per heavy atom. The van der Waals surface area contributed by atoms with Gasteiger partial charge >= 0.3 is 0 Å². The van der Waals surface area contributed by atoms with Crippen LogP contribution in [0.15, 0.2) is 41.5 Å². The van der Waals surface area contributed by atoms with Crippen molar-refractivity contribution in [3.63, 3.8) is 0 Å². The van der Waals surface area contributed by atoms with Crippen LogP contribution in [0.2, 0.25) is 0 Å². The van der Waals surface area contributed by atoms with E-state index in [4.69, 9.17) is 0 Å². The molecule has 2 aliphatic rings. The first-order valence-corrected chi connectivity index (χ1v) is 8.57. The van der Waals surface area contributed by atoms with Gasteiger partial charge in [0.05, 0.1) is 11.4 Å². The van der Waals surface area contributed by atoms with E-state index < -0.39 is 0 Å². The number of hydrogen-bond donors (Lipinski definition) is 1. The second-order valence-corrected chi connectivity index (χ2v) is 6.93. The van der Waals surface area contributed by atoms with Gasteiger partial charge in [-0.1, -0.05) is 24.3 Å². The van der Waals surface area contributed by atoms with Crippen LogP contribution in [0.5, 0.6) is 0 Å². The minimum atomic E-state index is -0.193. The van der Waals surface area contributed by atoms with E-state index in [1.165, 1.54) is 5.56 Å². The first-order chi connectivity index (χ1) is 12.1. The number of hydrogen-bond acceptors (Lipinski definition) is 3. The Hall–Kier alpha value is -2.89. The maximum atomic E-state index is 12.4. The van der Waals surface area contributed by atoms with E-state index in [0.29, 0.717) is 5.65 Å². The number of imidazole rings is 1. The summed E-state index contributed by atoms with van der Waals surface area (Å²) in [6.45, 7) is 3.07. The molecule has 3 aromatic rings. The highest BCUT2D eigenvalue weighted by Crippen LogP contribution is 2.52. The third-order valence-electron chi connectivity index (χ3n) is 5.79. The number of carbonyl (C=O) groups excluding carboxylic acids is 1. The van der Waals surface area contributed by atoms with E-state index in [1.54, 1.807) is 13.1 Å². The van der Waals surface area contributed by atoms with Gasteiger partial charge in [0.1, 0.15) is 0 Å². The topological polar surface area (TPSA) is 70.5 Å². The summed E-state index contributed by atoms with van der Waals surface area (Å²) in [4.78, 5) is 33.4. The summed E-state index contributed by atoms with van der Waals surface area (Å²) in [7, 11) is 0. The van der Waals surface area contributed by atoms with Crippen LogP contribution < -0.4 is 5.56 Å². The quantitative estimate of drug-likeness (QED) is 0.683. The summed E-state index contributed by atoms with van der Waals surface area (Å²) in [6, 6.07) is 8.27. The molecule has 1 aliphatic carbocycles. The molecule has 0 atom stereocenters. The number of nitrogens with zero attached hydrogens (tertiary/aromatic N) is 3. The van der Waals surface area contributed by atoms with Crippen LogP contribution in [-0.2, 0) is 10.2 Å². The zero-order chi connectivity index (χ0) is 17.2. The molecule has 2 aromatic heterocycles. The number of nitrogens with one attached hydrogen (secondary N) is 1. The number of piperidine rings is 1. The molecule has 1 N–H and O–H groups in total. The molecule has 6 nitrogen and oxygen atoms in total. The molecular weight excluding hydrogens is 316 g/mol. The first kappa shape index (κ1) is 14.5. The summed E-state index contributed by atoms with van der Waals surface area (Å²) in [5.41, 5.74) is 4.38. The van der Waals surface area contributed by atoms with Crippen molar-refractivity contribution in [3.8, 4) is 11.3 Å². The maximum Gasteiger partial charge on any atom is 0.292 e. The molecule has 0 bridgehead atoms. The van der Waals surface area contributed by atoms with Crippen LogP contribution in [0.1, 0.15) is 31.0 Å². The Morgan fingerprint density at radius 3 is 2.76 bits per heavy atom. The van der Waals surface area contributed by atoms with E-state index in [9.17, 15) is 9.59 Å². The first-order valence-electron chi connectivity index (χ1n) is 8.57. The summed E-state index contributed by atoms with van der Waals surface area (Å²) in [5.74, 6) is 0.121. The molecule has 0 saturated carbocycles. The highest BCUT2D eigenvalue weighted by molar-refractivity contribution is 5.79. The molecule has 1 aliphatic heterocycles. The van der Waals surface area contributed by atoms with Crippen molar-refractivity contribution in [2.45, 2.75) is 25.2 Å². The fraction of sp³-hybridized carbons (Fsp3) is 0.316. The van der Waals surface area contributed by atoms with Crippen molar-refractivity contribution >= 4 is 11.6 Å². The van der Waals surface area contributed by atoms with Crippen LogP contribution in [0.3, 0.4) is 0 Å². The Kier molecular flexibility index (Phi) is 2.78. The molecule has 126 valence electrons. The third kappa shape index (κ3) is 1.76. The Bertz CT molecular complexity index is 1070. The van der Waals surface area contributed by atoms with Gasteiger partial charge in [-0.25, -0.2) is 4.98 Å². The number of carbonyl (C=O) groups is 1. The van der Waals surface area contributed by atoms with E-state index in [0.717, 1.165) is 42.9 Å². The summed E-state index contributed by atoms with van der Waals surface area (Å²) < 4.78 is 1.94. The van der Waals surface area contributed by atoms with Gasteiger partial charge in [-0.3, -0.25) is 14.0 Å². The van der Waals surface area contributed by atoms with Gasteiger partial charge in [-0.15, -0.1) is 0 Å². The van der Waals surface area contributed by atoms with Crippen LogP contribution in [-0.4, -0.2) is 38.3 Å². The fourth-order valence-electron chi connectivity index (χ4n) is 4.62. The number of rotatable bonds is 0. The van der Waals surface area contributed by atoms with Gasteiger partial charge in [-0.05, 0) is 18.4 Å². The molecule has 1 spiro atoms. The number of benzene rings is 1. The SMILES string of the molecule is CC(=O)N1CCC2(CC1)c1ccccc1-c1[nH]c(=O)c3nccn3c12. The molecular formula is C19H18N4O2. The number of H-pyrrole nitrogens is 1. The zero-order valence-corrected chi connectivity index (χ0v) is 14.0. The average molecular weight is 334 g/mol. The minimum Gasteiger partial charge on any atom is -0.343 e. The molecule has 1 saturated heterocycles. The van der Waals surface area contributed by atoms with E-state index in [2.05, 4.69) is 22.1 Å². The predicted octanol–water partition coefficient (Wildman–Crippen LogP) is 1.93. The largest absolute Gasteiger partial charge is 0.343 e. The van der Waals surface area contributed by atoms with Crippen LogP contribution >= 0.6 is 0 Å². The molecule has 1 fully saturated rings.